The first-order valence-electron chi connectivity index (χ1n) is 8.86. The zero-order valence-electron chi connectivity index (χ0n) is 15.0. The lowest BCUT2D eigenvalue weighted by Crippen LogP contribution is -2.16. The molecule has 4 aromatic rings. The van der Waals surface area contributed by atoms with Crippen LogP contribution in [0, 0.1) is 5.82 Å². The number of aromatic amines is 1. The maximum atomic E-state index is 13.8. The average molecular weight is 409 g/mol. The van der Waals surface area contributed by atoms with E-state index in [2.05, 4.69) is 19.9 Å². The van der Waals surface area contributed by atoms with Gasteiger partial charge < -0.3 is 10.6 Å². The highest BCUT2D eigenvalue weighted by Gasteiger charge is 2.25. The molecular formula is C20H14ClFN6O. The van der Waals surface area contributed by atoms with Gasteiger partial charge in [0.25, 0.3) is 5.56 Å². The van der Waals surface area contributed by atoms with Crippen LogP contribution in [0.25, 0.3) is 22.0 Å². The second-order valence-electron chi connectivity index (χ2n) is 6.74. The molecule has 5 rings (SSSR count). The van der Waals surface area contributed by atoms with Crippen LogP contribution in [0.1, 0.15) is 5.56 Å². The summed E-state index contributed by atoms with van der Waals surface area (Å²) in [5, 5.41) is 0.823. The fraction of sp³-hybridized carbons (Fsp3) is 0.100. The van der Waals surface area contributed by atoms with Gasteiger partial charge >= 0.3 is 0 Å². The van der Waals surface area contributed by atoms with Gasteiger partial charge in [0.1, 0.15) is 18.0 Å². The van der Waals surface area contributed by atoms with Gasteiger partial charge in [-0.1, -0.05) is 17.7 Å². The number of H-pyrrole nitrogens is 1. The number of aromatic nitrogens is 4. The van der Waals surface area contributed by atoms with Crippen LogP contribution in [0.4, 0.5) is 21.8 Å². The SMILES string of the molecule is Nc1ncc(-c2ccc3ncnc(N4CCc5cc(F)c(Cl)cc54)c3c2)c(=O)[nH]1. The lowest BCUT2D eigenvalue weighted by Gasteiger charge is -2.20. The maximum absolute atomic E-state index is 13.8. The van der Waals surface area contributed by atoms with Crippen LogP contribution >= 0.6 is 11.6 Å². The van der Waals surface area contributed by atoms with Gasteiger partial charge in [-0.25, -0.2) is 19.3 Å². The highest BCUT2D eigenvalue weighted by Crippen LogP contribution is 2.39. The first-order valence-corrected chi connectivity index (χ1v) is 9.24. The molecule has 0 saturated carbocycles. The zero-order chi connectivity index (χ0) is 20.1. The van der Waals surface area contributed by atoms with E-state index in [0.29, 0.717) is 29.9 Å². The summed E-state index contributed by atoms with van der Waals surface area (Å²) >= 11 is 6.01. The van der Waals surface area contributed by atoms with Crippen molar-refractivity contribution in [3.05, 3.63) is 69.6 Å². The van der Waals surface area contributed by atoms with E-state index in [0.717, 1.165) is 22.2 Å². The highest BCUT2D eigenvalue weighted by molar-refractivity contribution is 6.31. The average Bonchev–Trinajstić information content (AvgIpc) is 3.10. The highest BCUT2D eigenvalue weighted by atomic mass is 35.5. The van der Waals surface area contributed by atoms with Crippen LogP contribution in [0.3, 0.4) is 0 Å². The summed E-state index contributed by atoms with van der Waals surface area (Å²) in [7, 11) is 0. The predicted molar refractivity (Wildman–Crippen MR) is 110 cm³/mol. The van der Waals surface area contributed by atoms with E-state index in [4.69, 9.17) is 17.3 Å². The zero-order valence-corrected chi connectivity index (χ0v) is 15.7. The summed E-state index contributed by atoms with van der Waals surface area (Å²) in [6, 6.07) is 8.54. The summed E-state index contributed by atoms with van der Waals surface area (Å²) < 4.78 is 13.8. The molecule has 0 amide bonds. The summed E-state index contributed by atoms with van der Waals surface area (Å²) in [6.07, 6.45) is 3.60. The number of nitrogens with zero attached hydrogens (tertiary/aromatic N) is 4. The maximum Gasteiger partial charge on any atom is 0.260 e. The minimum absolute atomic E-state index is 0.0568. The molecule has 0 bridgehead atoms. The number of benzene rings is 2. The van der Waals surface area contributed by atoms with E-state index < -0.39 is 5.82 Å². The Labute approximate surface area is 169 Å². The lowest BCUT2D eigenvalue weighted by atomic mass is 10.1. The number of hydrogen-bond donors (Lipinski definition) is 2. The van der Waals surface area contributed by atoms with Gasteiger partial charge in [-0.3, -0.25) is 9.78 Å². The summed E-state index contributed by atoms with van der Waals surface area (Å²) in [4.78, 5) is 29.5. The number of hydrogen-bond acceptors (Lipinski definition) is 6. The monoisotopic (exact) mass is 408 g/mol. The number of anilines is 3. The third-order valence-electron chi connectivity index (χ3n) is 5.02. The van der Waals surface area contributed by atoms with E-state index in [1.807, 2.05) is 17.0 Å². The van der Waals surface area contributed by atoms with Gasteiger partial charge in [-0.15, -0.1) is 0 Å². The molecule has 0 aliphatic carbocycles. The minimum Gasteiger partial charge on any atom is -0.369 e. The molecule has 0 saturated heterocycles. The Hall–Kier alpha value is -3.52. The Morgan fingerprint density at radius 3 is 2.86 bits per heavy atom. The van der Waals surface area contributed by atoms with E-state index in [9.17, 15) is 9.18 Å². The lowest BCUT2D eigenvalue weighted by molar-refractivity contribution is 0.627. The van der Waals surface area contributed by atoms with Gasteiger partial charge in [-0.2, -0.15) is 0 Å². The molecule has 1 aliphatic heterocycles. The van der Waals surface area contributed by atoms with Crippen molar-refractivity contribution in [3.63, 3.8) is 0 Å². The Morgan fingerprint density at radius 1 is 1.17 bits per heavy atom. The molecule has 0 spiro atoms. The van der Waals surface area contributed by atoms with Gasteiger partial charge in [0.05, 0.1) is 16.1 Å². The Balaban J connectivity index is 1.68. The van der Waals surface area contributed by atoms with Crippen LogP contribution < -0.4 is 16.2 Å². The Kier molecular flexibility index (Phi) is 3.95. The Bertz CT molecular complexity index is 1340. The van der Waals surface area contributed by atoms with Crippen LogP contribution in [-0.4, -0.2) is 26.5 Å². The molecule has 0 fully saturated rings. The summed E-state index contributed by atoms with van der Waals surface area (Å²) in [6.45, 7) is 0.634. The second kappa shape index (κ2) is 6.52. The first-order chi connectivity index (χ1) is 14.0. The smallest absolute Gasteiger partial charge is 0.260 e. The van der Waals surface area contributed by atoms with E-state index >= 15 is 0 Å². The van der Waals surface area contributed by atoms with Crippen molar-refractivity contribution in [2.45, 2.75) is 6.42 Å². The van der Waals surface area contributed by atoms with Crippen molar-refractivity contribution in [2.24, 2.45) is 0 Å². The predicted octanol–water partition coefficient (Wildman–Crippen LogP) is 3.45. The number of nitrogen functional groups attached to an aromatic ring is 1. The Morgan fingerprint density at radius 2 is 2.03 bits per heavy atom. The van der Waals surface area contributed by atoms with E-state index in [-0.39, 0.29) is 16.5 Å². The minimum atomic E-state index is -0.433. The van der Waals surface area contributed by atoms with Crippen molar-refractivity contribution >= 4 is 40.0 Å². The molecule has 2 aromatic heterocycles. The first kappa shape index (κ1) is 17.6. The van der Waals surface area contributed by atoms with Crippen molar-refractivity contribution in [3.8, 4) is 11.1 Å². The fourth-order valence-corrected chi connectivity index (χ4v) is 3.80. The van der Waals surface area contributed by atoms with Gasteiger partial charge in [0.15, 0.2) is 5.95 Å². The van der Waals surface area contributed by atoms with E-state index in [1.54, 1.807) is 12.1 Å². The van der Waals surface area contributed by atoms with Crippen LogP contribution in [0.15, 0.2) is 47.7 Å². The summed E-state index contributed by atoms with van der Waals surface area (Å²) in [5.41, 5.74) is 8.67. The normalized spacial score (nSPS) is 13.1. The van der Waals surface area contributed by atoms with Gasteiger partial charge in [0, 0.05) is 23.8 Å². The van der Waals surface area contributed by atoms with Crippen LogP contribution in [0.5, 0.6) is 0 Å². The molecule has 1 aliphatic rings. The van der Waals surface area contributed by atoms with E-state index in [1.165, 1.54) is 18.6 Å². The van der Waals surface area contributed by atoms with Crippen molar-refractivity contribution < 1.29 is 4.39 Å². The second-order valence-corrected chi connectivity index (χ2v) is 7.14. The molecule has 3 N–H and O–H groups in total. The molecule has 29 heavy (non-hydrogen) atoms. The molecule has 2 aromatic carbocycles. The van der Waals surface area contributed by atoms with Crippen molar-refractivity contribution in [2.75, 3.05) is 17.2 Å². The topological polar surface area (TPSA) is 101 Å². The quantitative estimate of drug-likeness (QED) is 0.527. The molecular weight excluding hydrogens is 395 g/mol. The van der Waals surface area contributed by atoms with Crippen molar-refractivity contribution in [1.82, 2.24) is 19.9 Å². The molecule has 3 heterocycles. The number of nitrogens with two attached hydrogens (primary N) is 1. The summed E-state index contributed by atoms with van der Waals surface area (Å²) in [5.74, 6) is 0.289. The standard InChI is InChI=1S/C20H14ClFN6O/c21-14-7-17-11(6-15(14)22)3-4-28(17)18-12-5-10(1-2-16(12)25-9-26-18)13-8-24-20(23)27-19(13)29/h1-2,5-9H,3-4H2,(H3,23,24,27,29). The molecule has 0 radical (unpaired) electrons. The number of rotatable bonds is 2. The van der Waals surface area contributed by atoms with Crippen LogP contribution in [-0.2, 0) is 6.42 Å². The fourth-order valence-electron chi connectivity index (χ4n) is 3.64. The molecule has 9 heteroatoms. The number of fused-ring (bicyclic) bond motifs is 2. The third-order valence-corrected chi connectivity index (χ3v) is 5.31. The molecule has 144 valence electrons. The number of halogens is 2. The molecule has 7 nitrogen and oxygen atoms in total. The van der Waals surface area contributed by atoms with Crippen molar-refractivity contribution in [1.29, 1.82) is 0 Å². The van der Waals surface area contributed by atoms with Gasteiger partial charge in [0.2, 0.25) is 0 Å². The largest absolute Gasteiger partial charge is 0.369 e. The molecule has 0 atom stereocenters. The third kappa shape index (κ3) is 2.89. The van der Waals surface area contributed by atoms with Crippen LogP contribution in [0.2, 0.25) is 5.02 Å². The molecule has 0 unspecified atom stereocenters. The number of nitrogens with one attached hydrogen (secondary N) is 1. The van der Waals surface area contributed by atoms with Gasteiger partial charge in [-0.05, 0) is 41.8 Å².